The number of benzene rings is 1. The minimum atomic E-state index is -4.58. The van der Waals surface area contributed by atoms with Gasteiger partial charge in [0.2, 0.25) is 0 Å². The number of aromatic nitrogens is 3. The Bertz CT molecular complexity index is 978. The first kappa shape index (κ1) is 22.1. The molecule has 2 aromatic rings. The van der Waals surface area contributed by atoms with E-state index >= 15 is 0 Å². The molecule has 2 aliphatic rings. The number of hydrogen-bond donors (Lipinski definition) is 1. The Morgan fingerprint density at radius 2 is 1.88 bits per heavy atom. The second-order valence-electron chi connectivity index (χ2n) is 7.84. The van der Waals surface area contributed by atoms with Crippen LogP contribution in [0, 0.1) is 0 Å². The van der Waals surface area contributed by atoms with Crippen LogP contribution in [0.2, 0.25) is 0 Å². The molecule has 1 aromatic heterocycles. The van der Waals surface area contributed by atoms with Crippen LogP contribution in [-0.4, -0.2) is 57.8 Å². The molecule has 1 N–H and O–H groups in total. The van der Waals surface area contributed by atoms with Gasteiger partial charge in [0, 0.05) is 32.5 Å². The molecule has 2 aliphatic heterocycles. The van der Waals surface area contributed by atoms with Crippen LogP contribution in [-0.2, 0) is 17.4 Å². The Morgan fingerprint density at radius 1 is 1.16 bits per heavy atom. The highest BCUT2D eigenvalue weighted by Gasteiger charge is 2.40. The monoisotopic (exact) mass is 450 g/mol. The van der Waals surface area contributed by atoms with E-state index in [4.69, 9.17) is 4.74 Å². The number of amides is 1. The molecule has 8 nitrogen and oxygen atoms in total. The fraction of sp³-hybridized carbons (Fsp3) is 0.524. The van der Waals surface area contributed by atoms with Crippen molar-refractivity contribution in [2.45, 2.75) is 44.7 Å². The molecule has 0 aliphatic carbocycles. The molecule has 0 radical (unpaired) electrons. The third kappa shape index (κ3) is 4.86. The summed E-state index contributed by atoms with van der Waals surface area (Å²) >= 11 is 0. The summed E-state index contributed by atoms with van der Waals surface area (Å²) in [7, 11) is 0. The molecular weight excluding hydrogens is 425 g/mol. The standard InChI is InChI=1S/C21H25F3N6O2/c1-2-25-19(31)13-32-16-5-3-14(4-6-16)15-9-11-29(12-10-15)18-8-7-17-26-27-20(21(22,23)24)30(17)28-18/h3-6,15H,2,7-13H2,1H3,(H,25,31). The number of nitrogens with zero attached hydrogens (tertiary/aromatic N) is 5. The van der Waals surface area contributed by atoms with E-state index in [1.807, 2.05) is 31.2 Å². The van der Waals surface area contributed by atoms with Crippen LogP contribution < -0.4 is 10.1 Å². The van der Waals surface area contributed by atoms with Crippen LogP contribution >= 0.6 is 0 Å². The summed E-state index contributed by atoms with van der Waals surface area (Å²) in [6.07, 6.45) is -1.89. The van der Waals surface area contributed by atoms with E-state index in [0.29, 0.717) is 36.9 Å². The lowest BCUT2D eigenvalue weighted by Gasteiger charge is -2.35. The van der Waals surface area contributed by atoms with E-state index < -0.39 is 12.0 Å². The van der Waals surface area contributed by atoms with Gasteiger partial charge >= 0.3 is 6.18 Å². The van der Waals surface area contributed by atoms with Crippen molar-refractivity contribution < 1.29 is 22.7 Å². The average Bonchev–Trinajstić information content (AvgIpc) is 3.22. The molecule has 0 spiro atoms. The van der Waals surface area contributed by atoms with Gasteiger partial charge in [0.25, 0.3) is 11.7 Å². The number of fused-ring (bicyclic) bond motifs is 1. The Hall–Kier alpha value is -3.11. The van der Waals surface area contributed by atoms with Crippen molar-refractivity contribution in [1.82, 2.24) is 25.1 Å². The third-order valence-corrected chi connectivity index (χ3v) is 5.70. The molecule has 172 valence electrons. The van der Waals surface area contributed by atoms with Gasteiger partial charge in [-0.3, -0.25) is 4.79 Å². The molecule has 3 heterocycles. The quantitative estimate of drug-likeness (QED) is 0.757. The van der Waals surface area contributed by atoms with Gasteiger partial charge in [-0.1, -0.05) is 12.1 Å². The zero-order chi connectivity index (χ0) is 22.7. The zero-order valence-corrected chi connectivity index (χ0v) is 17.7. The highest BCUT2D eigenvalue weighted by molar-refractivity contribution is 5.83. The number of piperidine rings is 1. The normalized spacial score (nSPS) is 17.0. The van der Waals surface area contributed by atoms with Crippen LogP contribution in [0.1, 0.15) is 49.3 Å². The number of carbonyl (C=O) groups is 1. The molecular formula is C21H25F3N6O2. The van der Waals surface area contributed by atoms with E-state index in [2.05, 4.69) is 25.5 Å². The van der Waals surface area contributed by atoms with Crippen molar-refractivity contribution in [2.75, 3.05) is 26.2 Å². The van der Waals surface area contributed by atoms with Crippen LogP contribution in [0.25, 0.3) is 0 Å². The van der Waals surface area contributed by atoms with E-state index in [-0.39, 0.29) is 18.3 Å². The maximum atomic E-state index is 13.1. The first-order chi connectivity index (χ1) is 15.3. The molecule has 0 bridgehead atoms. The predicted octanol–water partition coefficient (Wildman–Crippen LogP) is 2.80. The minimum Gasteiger partial charge on any atom is -0.484 e. The van der Waals surface area contributed by atoms with Crippen LogP contribution in [0.5, 0.6) is 5.75 Å². The summed E-state index contributed by atoms with van der Waals surface area (Å²) < 4.78 is 45.7. The maximum absolute atomic E-state index is 13.1. The maximum Gasteiger partial charge on any atom is 0.453 e. The van der Waals surface area contributed by atoms with E-state index in [9.17, 15) is 18.0 Å². The number of hydrogen-bond acceptors (Lipinski definition) is 6. The highest BCUT2D eigenvalue weighted by Crippen LogP contribution is 2.32. The zero-order valence-electron chi connectivity index (χ0n) is 17.7. The van der Waals surface area contributed by atoms with Gasteiger partial charge in [0.1, 0.15) is 11.6 Å². The van der Waals surface area contributed by atoms with E-state index in [1.165, 1.54) is 5.56 Å². The lowest BCUT2D eigenvalue weighted by atomic mass is 9.89. The first-order valence-corrected chi connectivity index (χ1v) is 10.7. The van der Waals surface area contributed by atoms with Gasteiger partial charge in [-0.25, -0.2) is 0 Å². The number of aryl methyl sites for hydroxylation is 1. The smallest absolute Gasteiger partial charge is 0.453 e. The lowest BCUT2D eigenvalue weighted by Crippen LogP contribution is -2.40. The van der Waals surface area contributed by atoms with Gasteiger partial charge in [-0.2, -0.15) is 22.9 Å². The molecule has 1 aromatic carbocycles. The number of ether oxygens (including phenoxy) is 1. The van der Waals surface area contributed by atoms with Crippen molar-refractivity contribution in [3.8, 4) is 5.75 Å². The highest BCUT2D eigenvalue weighted by atomic mass is 19.4. The SMILES string of the molecule is CCNC(=O)COc1ccc(C2CCN(C3=Nn4c(nnc4C(F)(F)F)CC3)CC2)cc1. The van der Waals surface area contributed by atoms with Crippen LogP contribution in [0.4, 0.5) is 13.2 Å². The van der Waals surface area contributed by atoms with Gasteiger partial charge in [-0.15, -0.1) is 10.2 Å². The summed E-state index contributed by atoms with van der Waals surface area (Å²) in [4.78, 5) is 13.6. The van der Waals surface area contributed by atoms with Crippen LogP contribution in [0.15, 0.2) is 29.4 Å². The van der Waals surface area contributed by atoms with Gasteiger partial charge in [0.05, 0.1) is 0 Å². The van der Waals surface area contributed by atoms with Gasteiger partial charge in [0.15, 0.2) is 12.4 Å². The topological polar surface area (TPSA) is 84.6 Å². The van der Waals surface area contributed by atoms with E-state index in [0.717, 1.165) is 30.6 Å². The van der Waals surface area contributed by atoms with Crippen LogP contribution in [0.3, 0.4) is 0 Å². The summed E-state index contributed by atoms with van der Waals surface area (Å²) in [5.41, 5.74) is 1.18. The summed E-state index contributed by atoms with van der Waals surface area (Å²) in [5, 5.41) is 13.8. The van der Waals surface area contributed by atoms with Crippen molar-refractivity contribution in [3.05, 3.63) is 41.5 Å². The molecule has 0 unspecified atom stereocenters. The number of likely N-dealkylation sites (tertiary alicyclic amines) is 1. The second-order valence-corrected chi connectivity index (χ2v) is 7.84. The molecule has 1 amide bonds. The number of alkyl halides is 3. The molecule has 32 heavy (non-hydrogen) atoms. The third-order valence-electron chi connectivity index (χ3n) is 5.70. The number of nitrogens with one attached hydrogen (secondary N) is 1. The Labute approximate surface area is 183 Å². The minimum absolute atomic E-state index is 0.0160. The molecule has 1 fully saturated rings. The number of amidine groups is 1. The Morgan fingerprint density at radius 3 is 2.53 bits per heavy atom. The van der Waals surface area contributed by atoms with Crippen molar-refractivity contribution >= 4 is 11.7 Å². The second kappa shape index (κ2) is 9.17. The molecule has 4 rings (SSSR count). The summed E-state index contributed by atoms with van der Waals surface area (Å²) in [6.45, 7) is 3.84. The van der Waals surface area contributed by atoms with Gasteiger partial charge in [-0.05, 0) is 43.4 Å². The van der Waals surface area contributed by atoms with Crippen molar-refractivity contribution in [2.24, 2.45) is 5.10 Å². The average molecular weight is 450 g/mol. The number of likely N-dealkylation sites (N-methyl/N-ethyl adjacent to an activating group) is 1. The van der Waals surface area contributed by atoms with Gasteiger partial charge < -0.3 is 15.0 Å². The molecule has 0 atom stereocenters. The number of carbonyl (C=O) groups excluding carboxylic acids is 1. The lowest BCUT2D eigenvalue weighted by molar-refractivity contribution is -0.147. The molecule has 0 saturated carbocycles. The summed E-state index contributed by atoms with van der Waals surface area (Å²) in [5.74, 6) is 0.647. The molecule has 1 saturated heterocycles. The molecule has 11 heteroatoms. The Kier molecular flexibility index (Phi) is 6.33. The summed E-state index contributed by atoms with van der Waals surface area (Å²) in [6, 6.07) is 7.73. The number of halogens is 3. The van der Waals surface area contributed by atoms with Crippen molar-refractivity contribution in [3.63, 3.8) is 0 Å². The fourth-order valence-electron chi connectivity index (χ4n) is 4.06. The largest absolute Gasteiger partial charge is 0.484 e. The van der Waals surface area contributed by atoms with E-state index in [1.54, 1.807) is 0 Å². The predicted molar refractivity (Wildman–Crippen MR) is 110 cm³/mol. The fourth-order valence-corrected chi connectivity index (χ4v) is 4.06. The number of rotatable bonds is 5. The Balaban J connectivity index is 1.35. The van der Waals surface area contributed by atoms with Crippen molar-refractivity contribution in [1.29, 1.82) is 0 Å². The first-order valence-electron chi connectivity index (χ1n) is 10.7.